The first-order valence-corrected chi connectivity index (χ1v) is 9.58. The highest BCUT2D eigenvalue weighted by molar-refractivity contribution is 6.03. The number of aromatic nitrogens is 2. The zero-order valence-corrected chi connectivity index (χ0v) is 15.6. The molecule has 0 bridgehead atoms. The second-order valence-corrected chi connectivity index (χ2v) is 6.83. The molecule has 0 atom stereocenters. The molecule has 2 heterocycles. The molecule has 1 aromatic heterocycles. The van der Waals surface area contributed by atoms with Crippen molar-refractivity contribution >= 4 is 28.8 Å². The van der Waals surface area contributed by atoms with Crippen molar-refractivity contribution in [2.24, 2.45) is 0 Å². The highest BCUT2D eigenvalue weighted by Crippen LogP contribution is 2.22. The molecule has 2 N–H and O–H groups in total. The van der Waals surface area contributed by atoms with E-state index in [0.29, 0.717) is 11.5 Å². The van der Waals surface area contributed by atoms with E-state index in [1.165, 1.54) is 31.3 Å². The van der Waals surface area contributed by atoms with Crippen molar-refractivity contribution in [1.29, 1.82) is 0 Å². The highest BCUT2D eigenvalue weighted by atomic mass is 16.1. The van der Waals surface area contributed by atoms with Gasteiger partial charge in [-0.15, -0.1) is 0 Å². The Morgan fingerprint density at radius 3 is 2.36 bits per heavy atom. The van der Waals surface area contributed by atoms with Gasteiger partial charge in [-0.2, -0.15) is 0 Å². The van der Waals surface area contributed by atoms with Gasteiger partial charge in [0, 0.05) is 36.2 Å². The molecule has 6 nitrogen and oxygen atoms in total. The zero-order valence-electron chi connectivity index (χ0n) is 15.6. The highest BCUT2D eigenvalue weighted by Gasteiger charge is 2.12. The van der Waals surface area contributed by atoms with Crippen molar-refractivity contribution in [2.45, 2.75) is 19.3 Å². The fraction of sp³-hybridized carbons (Fsp3) is 0.227. The SMILES string of the molecule is O=C(Nc1ccc(N2CCCCC2)cc1)c1cc(Nc2ccccc2)ncn1. The molecule has 1 saturated heterocycles. The van der Waals surface area contributed by atoms with Crippen molar-refractivity contribution in [3.05, 3.63) is 72.7 Å². The van der Waals surface area contributed by atoms with Crippen molar-refractivity contribution in [2.75, 3.05) is 28.6 Å². The molecule has 4 rings (SSSR count). The van der Waals surface area contributed by atoms with E-state index in [4.69, 9.17) is 0 Å². The van der Waals surface area contributed by atoms with Gasteiger partial charge in [-0.05, 0) is 55.7 Å². The lowest BCUT2D eigenvalue weighted by Gasteiger charge is -2.28. The standard InChI is InChI=1S/C22H23N5O/c28-22(20-15-21(24-16-23-20)25-17-7-3-1-4-8-17)26-18-9-11-19(12-10-18)27-13-5-2-6-14-27/h1,3-4,7-12,15-16H,2,5-6,13-14H2,(H,26,28)(H,23,24,25). The molecule has 28 heavy (non-hydrogen) atoms. The zero-order chi connectivity index (χ0) is 19.2. The number of nitrogens with one attached hydrogen (secondary N) is 2. The van der Waals surface area contributed by atoms with Gasteiger partial charge < -0.3 is 15.5 Å². The van der Waals surface area contributed by atoms with Gasteiger partial charge in [-0.25, -0.2) is 9.97 Å². The third kappa shape index (κ3) is 4.46. The lowest BCUT2D eigenvalue weighted by molar-refractivity contribution is 0.102. The number of benzene rings is 2. The van der Waals surface area contributed by atoms with Crippen molar-refractivity contribution in [1.82, 2.24) is 9.97 Å². The Labute approximate surface area is 164 Å². The fourth-order valence-corrected chi connectivity index (χ4v) is 3.32. The largest absolute Gasteiger partial charge is 0.372 e. The van der Waals surface area contributed by atoms with E-state index in [2.05, 4.69) is 37.6 Å². The smallest absolute Gasteiger partial charge is 0.274 e. The van der Waals surface area contributed by atoms with Crippen LogP contribution in [0.5, 0.6) is 0 Å². The number of carbonyl (C=O) groups excluding carboxylic acids is 1. The van der Waals surface area contributed by atoms with E-state index in [1.807, 2.05) is 42.5 Å². The summed E-state index contributed by atoms with van der Waals surface area (Å²) in [6.07, 6.45) is 5.18. The topological polar surface area (TPSA) is 70.2 Å². The first kappa shape index (κ1) is 18.0. The summed E-state index contributed by atoms with van der Waals surface area (Å²) in [5.74, 6) is 0.316. The van der Waals surface area contributed by atoms with Crippen LogP contribution in [0.3, 0.4) is 0 Å². The molecule has 0 radical (unpaired) electrons. The molecule has 3 aromatic rings. The Morgan fingerprint density at radius 2 is 1.61 bits per heavy atom. The molecule has 1 aliphatic rings. The van der Waals surface area contributed by atoms with E-state index in [9.17, 15) is 4.79 Å². The number of rotatable bonds is 5. The monoisotopic (exact) mass is 373 g/mol. The van der Waals surface area contributed by atoms with Crippen molar-refractivity contribution in [3.63, 3.8) is 0 Å². The molecular formula is C22H23N5O. The minimum Gasteiger partial charge on any atom is -0.372 e. The summed E-state index contributed by atoms with van der Waals surface area (Å²) in [7, 11) is 0. The van der Waals surface area contributed by atoms with Crippen LogP contribution in [0, 0.1) is 0 Å². The molecule has 0 spiro atoms. The van der Waals surface area contributed by atoms with Crippen LogP contribution in [0.25, 0.3) is 0 Å². The van der Waals surface area contributed by atoms with Gasteiger partial charge in [0.1, 0.15) is 17.8 Å². The van der Waals surface area contributed by atoms with E-state index < -0.39 is 0 Å². The maximum absolute atomic E-state index is 12.6. The summed E-state index contributed by atoms with van der Waals surface area (Å²) in [6.45, 7) is 2.20. The van der Waals surface area contributed by atoms with Gasteiger partial charge in [-0.1, -0.05) is 18.2 Å². The Balaban J connectivity index is 1.41. The van der Waals surface area contributed by atoms with Crippen LogP contribution in [0.4, 0.5) is 22.9 Å². The molecule has 142 valence electrons. The number of para-hydroxylation sites is 1. The summed E-state index contributed by atoms with van der Waals surface area (Å²) in [4.78, 5) is 23.2. The number of anilines is 4. The summed E-state index contributed by atoms with van der Waals surface area (Å²) in [6, 6.07) is 19.3. The molecular weight excluding hydrogens is 350 g/mol. The van der Waals surface area contributed by atoms with Crippen molar-refractivity contribution < 1.29 is 4.79 Å². The predicted octanol–water partition coefficient (Wildman–Crippen LogP) is 4.46. The summed E-state index contributed by atoms with van der Waals surface area (Å²) in [5, 5.41) is 6.07. The molecule has 0 saturated carbocycles. The second-order valence-electron chi connectivity index (χ2n) is 6.83. The van der Waals surface area contributed by atoms with Gasteiger partial charge in [0.2, 0.25) is 0 Å². The molecule has 1 fully saturated rings. The van der Waals surface area contributed by atoms with Crippen molar-refractivity contribution in [3.8, 4) is 0 Å². The maximum atomic E-state index is 12.6. The van der Waals surface area contributed by atoms with Gasteiger partial charge >= 0.3 is 0 Å². The third-order valence-electron chi connectivity index (χ3n) is 4.79. The fourth-order valence-electron chi connectivity index (χ4n) is 3.32. The predicted molar refractivity (Wildman–Crippen MR) is 112 cm³/mol. The van der Waals surface area contributed by atoms with Gasteiger partial charge in [0.25, 0.3) is 5.91 Å². The third-order valence-corrected chi connectivity index (χ3v) is 4.79. The number of nitrogens with zero attached hydrogens (tertiary/aromatic N) is 3. The molecule has 1 amide bonds. The minimum atomic E-state index is -0.260. The Bertz CT molecular complexity index is 921. The van der Waals surface area contributed by atoms with Crippen LogP contribution in [-0.2, 0) is 0 Å². The Morgan fingerprint density at radius 1 is 0.857 bits per heavy atom. The number of hydrogen-bond acceptors (Lipinski definition) is 5. The van der Waals surface area contributed by atoms with Crippen LogP contribution in [0.15, 0.2) is 67.0 Å². The average Bonchev–Trinajstić information content (AvgIpc) is 2.76. The van der Waals surface area contributed by atoms with E-state index in [1.54, 1.807) is 6.07 Å². The Hall–Kier alpha value is -3.41. The van der Waals surface area contributed by atoms with Crippen LogP contribution in [0.1, 0.15) is 29.8 Å². The van der Waals surface area contributed by atoms with Crippen LogP contribution >= 0.6 is 0 Å². The summed E-state index contributed by atoms with van der Waals surface area (Å²) >= 11 is 0. The van der Waals surface area contributed by atoms with Gasteiger partial charge in [0.15, 0.2) is 0 Å². The number of hydrogen-bond donors (Lipinski definition) is 2. The minimum absolute atomic E-state index is 0.260. The van der Waals surface area contributed by atoms with Crippen LogP contribution in [-0.4, -0.2) is 29.0 Å². The molecule has 0 unspecified atom stereocenters. The molecule has 0 aliphatic carbocycles. The normalized spacial score (nSPS) is 13.8. The first-order valence-electron chi connectivity index (χ1n) is 9.58. The number of carbonyl (C=O) groups is 1. The molecule has 6 heteroatoms. The lowest BCUT2D eigenvalue weighted by Crippen LogP contribution is -2.29. The van der Waals surface area contributed by atoms with E-state index in [-0.39, 0.29) is 5.91 Å². The maximum Gasteiger partial charge on any atom is 0.274 e. The van der Waals surface area contributed by atoms with E-state index >= 15 is 0 Å². The average molecular weight is 373 g/mol. The molecule has 2 aromatic carbocycles. The van der Waals surface area contributed by atoms with Gasteiger partial charge in [-0.3, -0.25) is 4.79 Å². The van der Waals surface area contributed by atoms with E-state index in [0.717, 1.165) is 24.5 Å². The second kappa shape index (κ2) is 8.52. The van der Waals surface area contributed by atoms with Crippen LogP contribution in [0.2, 0.25) is 0 Å². The van der Waals surface area contributed by atoms with Crippen LogP contribution < -0.4 is 15.5 Å². The number of amides is 1. The number of piperidine rings is 1. The quantitative estimate of drug-likeness (QED) is 0.691. The summed E-state index contributed by atoms with van der Waals surface area (Å²) < 4.78 is 0. The lowest BCUT2D eigenvalue weighted by atomic mass is 10.1. The molecule has 1 aliphatic heterocycles. The first-order chi connectivity index (χ1) is 13.8. The Kier molecular flexibility index (Phi) is 5.47. The van der Waals surface area contributed by atoms with Gasteiger partial charge in [0.05, 0.1) is 0 Å². The summed E-state index contributed by atoms with van der Waals surface area (Å²) in [5.41, 5.74) is 3.17.